The highest BCUT2D eigenvalue weighted by Crippen LogP contribution is 2.28. The molecule has 0 aliphatic rings. The SMILES string of the molecule is COC(=O)c1ccccc1-c1ccc(C(C)(C)C#N)cc1. The summed E-state index contributed by atoms with van der Waals surface area (Å²) >= 11 is 0. The molecule has 0 saturated heterocycles. The molecule has 106 valence electrons. The second kappa shape index (κ2) is 5.80. The molecule has 0 heterocycles. The molecule has 21 heavy (non-hydrogen) atoms. The minimum absolute atomic E-state index is 0.355. The summed E-state index contributed by atoms with van der Waals surface area (Å²) in [5, 5.41) is 9.17. The molecule has 0 N–H and O–H groups in total. The van der Waals surface area contributed by atoms with Crippen molar-refractivity contribution in [2.75, 3.05) is 7.11 Å². The number of ether oxygens (including phenoxy) is 1. The number of nitriles is 1. The van der Waals surface area contributed by atoms with Crippen LogP contribution in [-0.4, -0.2) is 13.1 Å². The molecule has 2 aromatic carbocycles. The fourth-order valence-corrected chi connectivity index (χ4v) is 2.15. The largest absolute Gasteiger partial charge is 0.465 e. The van der Waals surface area contributed by atoms with E-state index in [1.807, 2.05) is 56.3 Å². The lowest BCUT2D eigenvalue weighted by Crippen LogP contribution is -2.13. The summed E-state index contributed by atoms with van der Waals surface area (Å²) in [6.07, 6.45) is 0. The number of carbonyl (C=O) groups excluding carboxylic acids is 1. The van der Waals surface area contributed by atoms with E-state index in [1.54, 1.807) is 6.07 Å². The number of esters is 1. The molecule has 2 rings (SSSR count). The molecular formula is C18H17NO2. The Morgan fingerprint density at radius 1 is 1.10 bits per heavy atom. The number of rotatable bonds is 3. The fraction of sp³-hybridized carbons (Fsp3) is 0.222. The van der Waals surface area contributed by atoms with Crippen LogP contribution in [0.25, 0.3) is 11.1 Å². The first-order valence-corrected chi connectivity index (χ1v) is 6.69. The lowest BCUT2D eigenvalue weighted by Gasteiger charge is -2.16. The van der Waals surface area contributed by atoms with Crippen molar-refractivity contribution in [3.63, 3.8) is 0 Å². The molecule has 0 amide bonds. The van der Waals surface area contributed by atoms with Gasteiger partial charge in [-0.3, -0.25) is 0 Å². The molecule has 0 spiro atoms. The number of nitrogens with zero attached hydrogens (tertiary/aromatic N) is 1. The Balaban J connectivity index is 2.46. The molecule has 0 radical (unpaired) electrons. The Kier molecular flexibility index (Phi) is 4.09. The maximum atomic E-state index is 11.8. The predicted octanol–water partition coefficient (Wildman–Crippen LogP) is 3.94. The summed E-state index contributed by atoms with van der Waals surface area (Å²) in [6.45, 7) is 3.76. The van der Waals surface area contributed by atoms with Crippen LogP contribution in [0.4, 0.5) is 0 Å². The normalized spacial score (nSPS) is 10.8. The van der Waals surface area contributed by atoms with Crippen molar-refractivity contribution in [2.45, 2.75) is 19.3 Å². The lowest BCUT2D eigenvalue weighted by molar-refractivity contribution is 0.0601. The number of benzene rings is 2. The topological polar surface area (TPSA) is 50.1 Å². The number of hydrogen-bond acceptors (Lipinski definition) is 3. The van der Waals surface area contributed by atoms with Crippen LogP contribution in [0.1, 0.15) is 29.8 Å². The number of hydrogen-bond donors (Lipinski definition) is 0. The van der Waals surface area contributed by atoms with Gasteiger partial charge in [0.1, 0.15) is 0 Å². The quantitative estimate of drug-likeness (QED) is 0.799. The van der Waals surface area contributed by atoms with Gasteiger partial charge in [0, 0.05) is 0 Å². The standard InChI is InChI=1S/C18H17NO2/c1-18(2,12-19)14-10-8-13(9-11-14)15-6-4-5-7-16(15)17(20)21-3/h4-11H,1-3H3. The Morgan fingerprint density at radius 2 is 1.71 bits per heavy atom. The second-order valence-corrected chi connectivity index (χ2v) is 5.35. The molecule has 0 aliphatic carbocycles. The molecule has 3 heteroatoms. The van der Waals surface area contributed by atoms with Crippen molar-refractivity contribution in [1.29, 1.82) is 5.26 Å². The van der Waals surface area contributed by atoms with E-state index in [0.717, 1.165) is 16.7 Å². The molecule has 3 nitrogen and oxygen atoms in total. The van der Waals surface area contributed by atoms with Gasteiger partial charge in [0.25, 0.3) is 0 Å². The molecule has 2 aromatic rings. The van der Waals surface area contributed by atoms with E-state index in [9.17, 15) is 10.1 Å². The Hall–Kier alpha value is -2.60. The van der Waals surface area contributed by atoms with Crippen LogP contribution in [-0.2, 0) is 10.2 Å². The van der Waals surface area contributed by atoms with Gasteiger partial charge in [0.2, 0.25) is 0 Å². The van der Waals surface area contributed by atoms with E-state index in [4.69, 9.17) is 4.74 Å². The second-order valence-electron chi connectivity index (χ2n) is 5.35. The fourth-order valence-electron chi connectivity index (χ4n) is 2.15. The smallest absolute Gasteiger partial charge is 0.338 e. The minimum Gasteiger partial charge on any atom is -0.465 e. The molecule has 0 atom stereocenters. The third kappa shape index (κ3) is 2.95. The molecule has 0 aromatic heterocycles. The monoisotopic (exact) mass is 279 g/mol. The van der Waals surface area contributed by atoms with Crippen LogP contribution in [0.15, 0.2) is 48.5 Å². The van der Waals surface area contributed by atoms with Crippen LogP contribution in [0.5, 0.6) is 0 Å². The van der Waals surface area contributed by atoms with Gasteiger partial charge in [-0.05, 0) is 36.6 Å². The average molecular weight is 279 g/mol. The van der Waals surface area contributed by atoms with E-state index in [-0.39, 0.29) is 5.97 Å². The van der Waals surface area contributed by atoms with E-state index >= 15 is 0 Å². The highest BCUT2D eigenvalue weighted by atomic mass is 16.5. The van der Waals surface area contributed by atoms with Crippen LogP contribution >= 0.6 is 0 Å². The number of carbonyl (C=O) groups is 1. The molecule has 0 unspecified atom stereocenters. The molecule has 0 bridgehead atoms. The van der Waals surface area contributed by atoms with E-state index in [2.05, 4.69) is 6.07 Å². The van der Waals surface area contributed by atoms with Gasteiger partial charge < -0.3 is 4.74 Å². The first-order chi connectivity index (χ1) is 9.99. The summed E-state index contributed by atoms with van der Waals surface area (Å²) in [5.74, 6) is -0.355. The average Bonchev–Trinajstić information content (AvgIpc) is 2.54. The summed E-state index contributed by atoms with van der Waals surface area (Å²) in [5.41, 5.74) is 2.70. The zero-order chi connectivity index (χ0) is 15.5. The van der Waals surface area contributed by atoms with Crippen molar-refractivity contribution >= 4 is 5.97 Å². The van der Waals surface area contributed by atoms with Crippen molar-refractivity contribution in [3.8, 4) is 17.2 Å². The van der Waals surface area contributed by atoms with Crippen molar-refractivity contribution in [3.05, 3.63) is 59.7 Å². The molecule has 0 aliphatic heterocycles. The molecular weight excluding hydrogens is 262 g/mol. The van der Waals surface area contributed by atoms with Gasteiger partial charge >= 0.3 is 5.97 Å². The first-order valence-electron chi connectivity index (χ1n) is 6.69. The molecule has 0 fully saturated rings. The maximum Gasteiger partial charge on any atom is 0.338 e. The third-order valence-corrected chi connectivity index (χ3v) is 3.53. The predicted molar refractivity (Wildman–Crippen MR) is 81.9 cm³/mol. The maximum absolute atomic E-state index is 11.8. The van der Waals surface area contributed by atoms with Crippen LogP contribution < -0.4 is 0 Å². The summed E-state index contributed by atoms with van der Waals surface area (Å²) in [7, 11) is 1.37. The molecule has 0 saturated carbocycles. The van der Waals surface area contributed by atoms with Crippen molar-refractivity contribution in [1.82, 2.24) is 0 Å². The van der Waals surface area contributed by atoms with E-state index < -0.39 is 5.41 Å². The van der Waals surface area contributed by atoms with Gasteiger partial charge in [-0.2, -0.15) is 5.26 Å². The van der Waals surface area contributed by atoms with Gasteiger partial charge in [-0.15, -0.1) is 0 Å². The van der Waals surface area contributed by atoms with E-state index in [1.165, 1.54) is 7.11 Å². The van der Waals surface area contributed by atoms with Gasteiger partial charge in [-0.1, -0.05) is 42.5 Å². The van der Waals surface area contributed by atoms with Gasteiger partial charge in [0.15, 0.2) is 0 Å². The first kappa shape index (κ1) is 14.8. The Morgan fingerprint density at radius 3 is 2.29 bits per heavy atom. The van der Waals surface area contributed by atoms with Crippen LogP contribution in [0.2, 0.25) is 0 Å². The van der Waals surface area contributed by atoms with Crippen LogP contribution in [0, 0.1) is 11.3 Å². The minimum atomic E-state index is -0.527. The summed E-state index contributed by atoms with van der Waals surface area (Å²) in [6, 6.07) is 17.3. The zero-order valence-corrected chi connectivity index (χ0v) is 12.4. The summed E-state index contributed by atoms with van der Waals surface area (Å²) in [4.78, 5) is 11.8. The van der Waals surface area contributed by atoms with Crippen molar-refractivity contribution in [2.24, 2.45) is 0 Å². The van der Waals surface area contributed by atoms with Gasteiger partial charge in [-0.25, -0.2) is 4.79 Å². The zero-order valence-electron chi connectivity index (χ0n) is 12.4. The van der Waals surface area contributed by atoms with E-state index in [0.29, 0.717) is 5.56 Å². The summed E-state index contributed by atoms with van der Waals surface area (Å²) < 4.78 is 4.81. The third-order valence-electron chi connectivity index (χ3n) is 3.53. The Bertz CT molecular complexity index is 694. The van der Waals surface area contributed by atoms with Crippen molar-refractivity contribution < 1.29 is 9.53 Å². The number of methoxy groups -OCH3 is 1. The lowest BCUT2D eigenvalue weighted by atomic mass is 9.85. The highest BCUT2D eigenvalue weighted by molar-refractivity contribution is 5.97. The Labute approximate surface area is 124 Å². The van der Waals surface area contributed by atoms with Crippen LogP contribution in [0.3, 0.4) is 0 Å². The van der Waals surface area contributed by atoms with Gasteiger partial charge in [0.05, 0.1) is 24.2 Å². The highest BCUT2D eigenvalue weighted by Gasteiger charge is 2.20.